The molecule has 4 heteroatoms. The van der Waals surface area contributed by atoms with Crippen molar-refractivity contribution in [2.75, 3.05) is 0 Å². The quantitative estimate of drug-likeness (QED) is 0.530. The Labute approximate surface area is 82.2 Å². The summed E-state index contributed by atoms with van der Waals surface area (Å²) in [4.78, 5) is 21.5. The fraction of sp³-hybridized carbons (Fsp3) is 0.600. The lowest BCUT2D eigenvalue weighted by Crippen LogP contribution is -2.32. The van der Waals surface area contributed by atoms with Gasteiger partial charge in [0.2, 0.25) is 0 Å². The molecule has 1 unspecified atom stereocenters. The average Bonchev–Trinajstić information content (AvgIpc) is 2.02. The third kappa shape index (κ3) is 2.34. The molecule has 0 amide bonds. The van der Waals surface area contributed by atoms with Crippen LogP contribution in [0.4, 0.5) is 0 Å². The highest BCUT2D eigenvalue weighted by Crippen LogP contribution is 2.29. The van der Waals surface area contributed by atoms with E-state index in [-0.39, 0.29) is 5.92 Å². The molecule has 0 heterocycles. The van der Waals surface area contributed by atoms with Crippen molar-refractivity contribution in [2.45, 2.75) is 19.8 Å². The summed E-state index contributed by atoms with van der Waals surface area (Å²) in [5.74, 6) is -3.79. The first kappa shape index (κ1) is 10.8. The van der Waals surface area contributed by atoms with Gasteiger partial charge in [-0.25, -0.2) is 0 Å². The van der Waals surface area contributed by atoms with Gasteiger partial charge in [0.15, 0.2) is 5.92 Å². The molecule has 2 atom stereocenters. The summed E-state index contributed by atoms with van der Waals surface area (Å²) in [5.41, 5.74) is 0. The Morgan fingerprint density at radius 1 is 1.36 bits per heavy atom. The number of aliphatic carboxylic acids is 2. The standard InChI is InChI=1S/C10H14O4/c1-6-3-2-4-7(5-6)8(9(11)12)10(13)14/h2,4,6-8H,3,5H2,1H3,(H,11,12)(H,13,14)/t6-,7?/m1/s1. The van der Waals surface area contributed by atoms with E-state index in [1.54, 1.807) is 6.08 Å². The normalized spacial score (nSPS) is 26.4. The molecular weight excluding hydrogens is 184 g/mol. The van der Waals surface area contributed by atoms with Gasteiger partial charge in [-0.2, -0.15) is 0 Å². The van der Waals surface area contributed by atoms with Crippen LogP contribution in [0.3, 0.4) is 0 Å². The maximum Gasteiger partial charge on any atom is 0.318 e. The number of hydrogen-bond acceptors (Lipinski definition) is 2. The number of carboxylic acid groups (broad SMARTS) is 2. The molecule has 78 valence electrons. The van der Waals surface area contributed by atoms with Gasteiger partial charge in [-0.3, -0.25) is 9.59 Å². The van der Waals surface area contributed by atoms with E-state index < -0.39 is 17.9 Å². The van der Waals surface area contributed by atoms with Crippen LogP contribution < -0.4 is 0 Å². The zero-order valence-corrected chi connectivity index (χ0v) is 8.01. The predicted octanol–water partition coefficient (Wildman–Crippen LogP) is 1.37. The van der Waals surface area contributed by atoms with Gasteiger partial charge in [0.25, 0.3) is 0 Å². The first-order chi connectivity index (χ1) is 6.52. The summed E-state index contributed by atoms with van der Waals surface area (Å²) >= 11 is 0. The molecular formula is C10H14O4. The van der Waals surface area contributed by atoms with Gasteiger partial charge >= 0.3 is 11.9 Å². The molecule has 0 spiro atoms. The smallest absolute Gasteiger partial charge is 0.318 e. The molecule has 1 aliphatic rings. The first-order valence-electron chi connectivity index (χ1n) is 4.64. The molecule has 1 aliphatic carbocycles. The molecule has 1 rings (SSSR count). The van der Waals surface area contributed by atoms with E-state index in [0.29, 0.717) is 12.3 Å². The molecule has 0 aromatic carbocycles. The van der Waals surface area contributed by atoms with Gasteiger partial charge in [0, 0.05) is 5.92 Å². The Morgan fingerprint density at radius 2 is 1.93 bits per heavy atom. The SMILES string of the molecule is C[C@@H]1CC=CC(C(C(=O)O)C(=O)O)C1. The van der Waals surface area contributed by atoms with Crippen LogP contribution in [0.25, 0.3) is 0 Å². The van der Waals surface area contributed by atoms with Crippen LogP contribution in [0.15, 0.2) is 12.2 Å². The summed E-state index contributed by atoms with van der Waals surface area (Å²) < 4.78 is 0. The molecule has 2 N–H and O–H groups in total. The lowest BCUT2D eigenvalue weighted by Gasteiger charge is -2.24. The Kier molecular flexibility index (Phi) is 3.28. The highest BCUT2D eigenvalue weighted by molar-refractivity contribution is 5.93. The minimum atomic E-state index is -1.30. The minimum Gasteiger partial charge on any atom is -0.481 e. The first-order valence-corrected chi connectivity index (χ1v) is 4.64. The monoisotopic (exact) mass is 198 g/mol. The van der Waals surface area contributed by atoms with E-state index in [2.05, 4.69) is 0 Å². The minimum absolute atomic E-state index is 0.367. The van der Waals surface area contributed by atoms with E-state index in [0.717, 1.165) is 6.42 Å². The summed E-state index contributed by atoms with van der Waals surface area (Å²) in [6.07, 6.45) is 5.13. The molecule has 0 aromatic rings. The van der Waals surface area contributed by atoms with Crippen LogP contribution in [0, 0.1) is 17.8 Å². The third-order valence-corrected chi connectivity index (χ3v) is 2.56. The molecule has 0 saturated heterocycles. The summed E-state index contributed by atoms with van der Waals surface area (Å²) in [6, 6.07) is 0. The predicted molar refractivity (Wildman–Crippen MR) is 49.8 cm³/mol. The summed E-state index contributed by atoms with van der Waals surface area (Å²) in [6.45, 7) is 2.00. The molecule has 14 heavy (non-hydrogen) atoms. The van der Waals surface area contributed by atoms with Gasteiger partial charge in [-0.05, 0) is 18.8 Å². The average molecular weight is 198 g/mol. The highest BCUT2D eigenvalue weighted by atomic mass is 16.4. The Morgan fingerprint density at radius 3 is 2.36 bits per heavy atom. The maximum absolute atomic E-state index is 10.7. The number of carbonyl (C=O) groups is 2. The number of allylic oxidation sites excluding steroid dienone is 2. The summed E-state index contributed by atoms with van der Waals surface area (Å²) in [7, 11) is 0. The molecule has 0 aliphatic heterocycles. The van der Waals surface area contributed by atoms with Crippen molar-refractivity contribution in [2.24, 2.45) is 17.8 Å². The Hall–Kier alpha value is -1.32. The zero-order chi connectivity index (χ0) is 10.7. The number of carboxylic acids is 2. The molecule has 0 radical (unpaired) electrons. The third-order valence-electron chi connectivity index (χ3n) is 2.56. The van der Waals surface area contributed by atoms with Crippen LogP contribution in [0.5, 0.6) is 0 Å². The topological polar surface area (TPSA) is 74.6 Å². The van der Waals surface area contributed by atoms with E-state index in [1.807, 2.05) is 13.0 Å². The second-order valence-corrected chi connectivity index (χ2v) is 3.82. The molecule has 0 saturated carbocycles. The van der Waals surface area contributed by atoms with Crippen LogP contribution in [-0.2, 0) is 9.59 Å². The van der Waals surface area contributed by atoms with E-state index >= 15 is 0 Å². The highest BCUT2D eigenvalue weighted by Gasteiger charge is 2.34. The van der Waals surface area contributed by atoms with Gasteiger partial charge in [0.05, 0.1) is 0 Å². The second kappa shape index (κ2) is 4.26. The zero-order valence-electron chi connectivity index (χ0n) is 8.01. The molecule has 4 nitrogen and oxygen atoms in total. The Bertz CT molecular complexity index is 255. The van der Waals surface area contributed by atoms with E-state index in [4.69, 9.17) is 10.2 Å². The Balaban J connectivity index is 2.78. The van der Waals surface area contributed by atoms with Crippen molar-refractivity contribution in [3.05, 3.63) is 12.2 Å². The van der Waals surface area contributed by atoms with Crippen molar-refractivity contribution in [3.8, 4) is 0 Å². The molecule has 0 bridgehead atoms. The molecule has 0 aromatic heterocycles. The van der Waals surface area contributed by atoms with Crippen LogP contribution in [0.1, 0.15) is 19.8 Å². The van der Waals surface area contributed by atoms with Gasteiger partial charge in [-0.15, -0.1) is 0 Å². The lowest BCUT2D eigenvalue weighted by atomic mass is 9.80. The van der Waals surface area contributed by atoms with Crippen molar-refractivity contribution in [1.29, 1.82) is 0 Å². The van der Waals surface area contributed by atoms with E-state index in [1.165, 1.54) is 0 Å². The largest absolute Gasteiger partial charge is 0.481 e. The van der Waals surface area contributed by atoms with Crippen LogP contribution in [-0.4, -0.2) is 22.2 Å². The van der Waals surface area contributed by atoms with Crippen LogP contribution in [0.2, 0.25) is 0 Å². The fourth-order valence-corrected chi connectivity index (χ4v) is 1.84. The maximum atomic E-state index is 10.7. The fourth-order valence-electron chi connectivity index (χ4n) is 1.84. The van der Waals surface area contributed by atoms with Crippen molar-refractivity contribution >= 4 is 11.9 Å². The van der Waals surface area contributed by atoms with E-state index in [9.17, 15) is 9.59 Å². The van der Waals surface area contributed by atoms with Crippen molar-refractivity contribution < 1.29 is 19.8 Å². The second-order valence-electron chi connectivity index (χ2n) is 3.82. The van der Waals surface area contributed by atoms with Crippen molar-refractivity contribution in [1.82, 2.24) is 0 Å². The van der Waals surface area contributed by atoms with Crippen LogP contribution >= 0.6 is 0 Å². The van der Waals surface area contributed by atoms with Gasteiger partial charge < -0.3 is 10.2 Å². The molecule has 0 fully saturated rings. The number of hydrogen-bond donors (Lipinski definition) is 2. The summed E-state index contributed by atoms with van der Waals surface area (Å²) in [5, 5.41) is 17.5. The number of rotatable bonds is 3. The van der Waals surface area contributed by atoms with Crippen molar-refractivity contribution in [3.63, 3.8) is 0 Å². The van der Waals surface area contributed by atoms with Gasteiger partial charge in [0.1, 0.15) is 0 Å². The lowest BCUT2D eigenvalue weighted by molar-refractivity contribution is -0.156. The van der Waals surface area contributed by atoms with Gasteiger partial charge in [-0.1, -0.05) is 19.1 Å².